The standard InChI is InChI=1S/C22H21ClN4O2/c1-14-12-18(17-4-2-3-5-19(17)25-14)22(29)27-10-8-15(9-11-27)21(28)26-20-7-6-16(23)13-24-20/h2-7,12-13,15H,8-11H2,1H3,(H,24,26,28). The third-order valence-corrected chi connectivity index (χ3v) is 5.43. The Morgan fingerprint density at radius 2 is 1.90 bits per heavy atom. The molecule has 4 rings (SSSR count). The maximum absolute atomic E-state index is 13.1. The van der Waals surface area contributed by atoms with E-state index in [1.807, 2.05) is 42.2 Å². The first-order chi connectivity index (χ1) is 14.0. The molecule has 0 spiro atoms. The van der Waals surface area contributed by atoms with Crippen LogP contribution in [0.15, 0.2) is 48.7 Å². The number of nitrogens with zero attached hydrogens (tertiary/aromatic N) is 3. The molecule has 2 amide bonds. The van der Waals surface area contributed by atoms with Gasteiger partial charge in [0.25, 0.3) is 5.91 Å². The minimum Gasteiger partial charge on any atom is -0.339 e. The van der Waals surface area contributed by atoms with Crippen LogP contribution in [-0.4, -0.2) is 39.8 Å². The van der Waals surface area contributed by atoms with Gasteiger partial charge in [-0.1, -0.05) is 29.8 Å². The van der Waals surface area contributed by atoms with E-state index in [0.29, 0.717) is 42.3 Å². The van der Waals surface area contributed by atoms with Crippen LogP contribution >= 0.6 is 11.6 Å². The third-order valence-electron chi connectivity index (χ3n) is 5.21. The highest BCUT2D eigenvalue weighted by atomic mass is 35.5. The van der Waals surface area contributed by atoms with E-state index in [4.69, 9.17) is 11.6 Å². The zero-order chi connectivity index (χ0) is 20.4. The van der Waals surface area contributed by atoms with Gasteiger partial charge >= 0.3 is 0 Å². The molecule has 1 N–H and O–H groups in total. The summed E-state index contributed by atoms with van der Waals surface area (Å²) in [5, 5.41) is 4.21. The van der Waals surface area contributed by atoms with E-state index in [2.05, 4.69) is 15.3 Å². The van der Waals surface area contributed by atoms with Crippen LogP contribution in [-0.2, 0) is 4.79 Å². The lowest BCUT2D eigenvalue weighted by Gasteiger charge is -2.31. The number of rotatable bonds is 3. The molecule has 0 aliphatic carbocycles. The molecule has 0 unspecified atom stereocenters. The number of hydrogen-bond donors (Lipinski definition) is 1. The Morgan fingerprint density at radius 1 is 1.14 bits per heavy atom. The molecule has 3 heterocycles. The molecular formula is C22H21ClN4O2. The van der Waals surface area contributed by atoms with Crippen molar-refractivity contribution >= 4 is 40.1 Å². The molecule has 0 atom stereocenters. The van der Waals surface area contributed by atoms with Crippen molar-refractivity contribution in [1.29, 1.82) is 0 Å². The second-order valence-electron chi connectivity index (χ2n) is 7.25. The van der Waals surface area contributed by atoms with E-state index in [0.717, 1.165) is 16.6 Å². The number of pyridine rings is 2. The van der Waals surface area contributed by atoms with Crippen LogP contribution in [0.4, 0.5) is 5.82 Å². The van der Waals surface area contributed by atoms with Gasteiger partial charge in [0.1, 0.15) is 5.82 Å². The lowest BCUT2D eigenvalue weighted by atomic mass is 9.95. The molecular weight excluding hydrogens is 388 g/mol. The Bertz CT molecular complexity index is 1060. The quantitative estimate of drug-likeness (QED) is 0.708. The Morgan fingerprint density at radius 3 is 2.62 bits per heavy atom. The summed E-state index contributed by atoms with van der Waals surface area (Å²) in [4.78, 5) is 36.1. The number of aryl methyl sites for hydroxylation is 1. The van der Waals surface area contributed by atoms with Gasteiger partial charge in [-0.05, 0) is 44.0 Å². The van der Waals surface area contributed by atoms with Gasteiger partial charge in [0.15, 0.2) is 0 Å². The number of para-hydroxylation sites is 1. The average molecular weight is 409 g/mol. The summed E-state index contributed by atoms with van der Waals surface area (Å²) >= 11 is 5.82. The largest absolute Gasteiger partial charge is 0.339 e. The Labute approximate surface area is 173 Å². The highest BCUT2D eigenvalue weighted by Gasteiger charge is 2.28. The summed E-state index contributed by atoms with van der Waals surface area (Å²) < 4.78 is 0. The fourth-order valence-electron chi connectivity index (χ4n) is 3.68. The molecule has 29 heavy (non-hydrogen) atoms. The van der Waals surface area contributed by atoms with Crippen LogP contribution in [0.3, 0.4) is 0 Å². The van der Waals surface area contributed by atoms with E-state index in [1.165, 1.54) is 6.20 Å². The Hall–Kier alpha value is -2.99. The minimum atomic E-state index is -0.146. The van der Waals surface area contributed by atoms with Gasteiger partial charge in [-0.2, -0.15) is 0 Å². The Balaban J connectivity index is 1.42. The number of amides is 2. The fourth-order valence-corrected chi connectivity index (χ4v) is 3.79. The van der Waals surface area contributed by atoms with Gasteiger partial charge in [0.2, 0.25) is 5.91 Å². The number of carbonyl (C=O) groups is 2. The summed E-state index contributed by atoms with van der Waals surface area (Å²) in [7, 11) is 0. The van der Waals surface area contributed by atoms with Gasteiger partial charge in [0, 0.05) is 36.3 Å². The number of anilines is 1. The van der Waals surface area contributed by atoms with Crippen LogP contribution in [0.25, 0.3) is 10.9 Å². The highest BCUT2D eigenvalue weighted by Crippen LogP contribution is 2.24. The fraction of sp³-hybridized carbons (Fsp3) is 0.273. The summed E-state index contributed by atoms with van der Waals surface area (Å²) in [5.41, 5.74) is 2.30. The molecule has 6 nitrogen and oxygen atoms in total. The van der Waals surface area contributed by atoms with Crippen molar-refractivity contribution in [3.63, 3.8) is 0 Å². The maximum Gasteiger partial charge on any atom is 0.254 e. The van der Waals surface area contributed by atoms with Crippen LogP contribution in [0.2, 0.25) is 5.02 Å². The smallest absolute Gasteiger partial charge is 0.254 e. The van der Waals surface area contributed by atoms with Gasteiger partial charge in [-0.3, -0.25) is 14.6 Å². The van der Waals surface area contributed by atoms with Gasteiger partial charge in [0.05, 0.1) is 16.1 Å². The van der Waals surface area contributed by atoms with Gasteiger partial charge in [-0.15, -0.1) is 0 Å². The maximum atomic E-state index is 13.1. The zero-order valence-electron chi connectivity index (χ0n) is 16.1. The average Bonchev–Trinajstić information content (AvgIpc) is 2.74. The van der Waals surface area contributed by atoms with E-state index in [1.54, 1.807) is 12.1 Å². The normalized spacial score (nSPS) is 14.8. The van der Waals surface area contributed by atoms with Crippen molar-refractivity contribution in [2.24, 2.45) is 5.92 Å². The molecule has 148 valence electrons. The van der Waals surface area contributed by atoms with Crippen molar-refractivity contribution in [1.82, 2.24) is 14.9 Å². The molecule has 7 heteroatoms. The third kappa shape index (κ3) is 4.22. The number of fused-ring (bicyclic) bond motifs is 1. The lowest BCUT2D eigenvalue weighted by molar-refractivity contribution is -0.121. The van der Waals surface area contributed by atoms with Crippen LogP contribution in [0.5, 0.6) is 0 Å². The monoisotopic (exact) mass is 408 g/mol. The van der Waals surface area contributed by atoms with Crippen LogP contribution < -0.4 is 5.32 Å². The van der Waals surface area contributed by atoms with E-state index in [9.17, 15) is 9.59 Å². The number of likely N-dealkylation sites (tertiary alicyclic amines) is 1. The second-order valence-corrected chi connectivity index (χ2v) is 7.68. The van der Waals surface area contributed by atoms with E-state index in [-0.39, 0.29) is 17.7 Å². The Kier molecular flexibility index (Phi) is 5.45. The molecule has 2 aromatic heterocycles. The predicted molar refractivity (Wildman–Crippen MR) is 113 cm³/mol. The van der Waals surface area contributed by atoms with Gasteiger partial charge < -0.3 is 10.2 Å². The molecule has 0 bridgehead atoms. The summed E-state index contributed by atoms with van der Waals surface area (Å²) in [5.74, 6) is 0.256. The van der Waals surface area contributed by atoms with E-state index < -0.39 is 0 Å². The summed E-state index contributed by atoms with van der Waals surface area (Å²) in [6.45, 7) is 2.98. The lowest BCUT2D eigenvalue weighted by Crippen LogP contribution is -2.41. The van der Waals surface area contributed by atoms with Crippen molar-refractivity contribution in [3.05, 3.63) is 64.9 Å². The molecule has 1 aliphatic rings. The number of hydrogen-bond acceptors (Lipinski definition) is 4. The number of aromatic nitrogens is 2. The minimum absolute atomic E-state index is 0.00933. The van der Waals surface area contributed by atoms with Crippen molar-refractivity contribution in [2.45, 2.75) is 19.8 Å². The number of carbonyl (C=O) groups excluding carboxylic acids is 2. The summed E-state index contributed by atoms with van der Waals surface area (Å²) in [6.07, 6.45) is 2.74. The van der Waals surface area contributed by atoms with Crippen molar-refractivity contribution < 1.29 is 9.59 Å². The number of halogens is 1. The molecule has 0 saturated carbocycles. The van der Waals surface area contributed by atoms with E-state index >= 15 is 0 Å². The van der Waals surface area contributed by atoms with Crippen molar-refractivity contribution in [3.8, 4) is 0 Å². The molecule has 1 aliphatic heterocycles. The number of piperidine rings is 1. The molecule has 1 aromatic carbocycles. The van der Waals surface area contributed by atoms with Gasteiger partial charge in [-0.25, -0.2) is 4.98 Å². The van der Waals surface area contributed by atoms with Crippen LogP contribution in [0.1, 0.15) is 28.9 Å². The molecule has 0 radical (unpaired) electrons. The zero-order valence-corrected chi connectivity index (χ0v) is 16.8. The SMILES string of the molecule is Cc1cc(C(=O)N2CCC(C(=O)Nc3ccc(Cl)cn3)CC2)c2ccccc2n1. The first-order valence-electron chi connectivity index (χ1n) is 9.59. The van der Waals surface area contributed by atoms with Crippen molar-refractivity contribution in [2.75, 3.05) is 18.4 Å². The second kappa shape index (κ2) is 8.17. The first kappa shape index (κ1) is 19.3. The molecule has 1 saturated heterocycles. The first-order valence-corrected chi connectivity index (χ1v) is 9.97. The predicted octanol–water partition coefficient (Wildman–Crippen LogP) is 4.08. The van der Waals surface area contributed by atoms with Crippen LogP contribution in [0, 0.1) is 12.8 Å². The number of benzene rings is 1. The molecule has 1 fully saturated rings. The molecule has 3 aromatic rings. The summed E-state index contributed by atoms with van der Waals surface area (Å²) in [6, 6.07) is 12.9. The topological polar surface area (TPSA) is 75.2 Å². The number of nitrogens with one attached hydrogen (secondary N) is 1. The highest BCUT2D eigenvalue weighted by molar-refractivity contribution is 6.30.